The second kappa shape index (κ2) is 12.1. The van der Waals surface area contributed by atoms with Crippen molar-refractivity contribution in [3.63, 3.8) is 0 Å². The summed E-state index contributed by atoms with van der Waals surface area (Å²) in [5.41, 5.74) is 5.87. The van der Waals surface area contributed by atoms with E-state index in [1.165, 1.54) is 36.4 Å². The molecular weight excluding hydrogens is 480 g/mol. The van der Waals surface area contributed by atoms with Crippen molar-refractivity contribution in [3.05, 3.63) is 107 Å². The van der Waals surface area contributed by atoms with Gasteiger partial charge < -0.3 is 14.6 Å². The van der Waals surface area contributed by atoms with Gasteiger partial charge in [0.1, 0.15) is 0 Å². The fourth-order valence-corrected chi connectivity index (χ4v) is 3.26. The van der Waals surface area contributed by atoms with Crippen molar-refractivity contribution in [1.82, 2.24) is 10.9 Å². The Hall–Kier alpha value is -4.99. The van der Waals surface area contributed by atoms with Crippen molar-refractivity contribution in [3.8, 4) is 0 Å². The fraction of sp³-hybridized carbons (Fsp3) is 0.148. The predicted molar refractivity (Wildman–Crippen MR) is 130 cm³/mol. The predicted octanol–water partition coefficient (Wildman–Crippen LogP) is 2.60. The van der Waals surface area contributed by atoms with Crippen LogP contribution in [0.3, 0.4) is 0 Å². The Kier molecular flexibility index (Phi) is 8.71. The van der Waals surface area contributed by atoms with Crippen LogP contribution in [0.15, 0.2) is 78.9 Å². The summed E-state index contributed by atoms with van der Waals surface area (Å²) in [6, 6.07) is 20.2. The van der Waals surface area contributed by atoms with Crippen molar-refractivity contribution in [1.29, 1.82) is 0 Å². The lowest BCUT2D eigenvalue weighted by atomic mass is 10.1. The second-order valence-corrected chi connectivity index (χ2v) is 8.04. The zero-order valence-electron chi connectivity index (χ0n) is 20.0. The number of carbonyl (C=O) groups excluding carboxylic acids is 4. The number of hydrogen-bond donors (Lipinski definition) is 3. The molecule has 0 aliphatic rings. The SMILES string of the molecule is Cc1cccc(C(=O)O[C@@H](C(=O)O)[C@@H](OC(=O)c2cccc(C)c2)C(=O)NNC(=O)c2ccccc2)c1. The van der Waals surface area contributed by atoms with E-state index in [-0.39, 0.29) is 16.7 Å². The number of rotatable bonds is 8. The number of aryl methyl sites for hydroxylation is 2. The van der Waals surface area contributed by atoms with Crippen LogP contribution in [0, 0.1) is 13.8 Å². The summed E-state index contributed by atoms with van der Waals surface area (Å²) in [7, 11) is 0. The first-order valence-corrected chi connectivity index (χ1v) is 11.1. The lowest BCUT2D eigenvalue weighted by Crippen LogP contribution is -2.54. The molecule has 0 unspecified atom stereocenters. The first-order valence-electron chi connectivity index (χ1n) is 11.1. The normalized spacial score (nSPS) is 11.9. The number of benzene rings is 3. The summed E-state index contributed by atoms with van der Waals surface area (Å²) < 4.78 is 10.3. The van der Waals surface area contributed by atoms with Gasteiger partial charge in [0.15, 0.2) is 0 Å². The van der Waals surface area contributed by atoms with E-state index >= 15 is 0 Å². The summed E-state index contributed by atoms with van der Waals surface area (Å²) in [5.74, 6) is -5.76. The Labute approximate surface area is 212 Å². The summed E-state index contributed by atoms with van der Waals surface area (Å²) in [6.45, 7) is 3.45. The number of amides is 2. The Morgan fingerprint density at radius 2 is 1.14 bits per heavy atom. The van der Waals surface area contributed by atoms with Crippen LogP contribution < -0.4 is 10.9 Å². The number of hydrogen-bond acceptors (Lipinski definition) is 7. The molecule has 0 saturated heterocycles. The van der Waals surface area contributed by atoms with Crippen LogP contribution >= 0.6 is 0 Å². The van der Waals surface area contributed by atoms with Crippen LogP contribution in [0.1, 0.15) is 42.2 Å². The quantitative estimate of drug-likeness (QED) is 0.313. The molecule has 10 heteroatoms. The maximum Gasteiger partial charge on any atom is 0.349 e. The third-order valence-electron chi connectivity index (χ3n) is 5.09. The van der Waals surface area contributed by atoms with Gasteiger partial charge in [-0.1, -0.05) is 53.6 Å². The maximum atomic E-state index is 13.0. The molecule has 0 aromatic heterocycles. The van der Waals surface area contributed by atoms with Crippen LogP contribution in [0.5, 0.6) is 0 Å². The van der Waals surface area contributed by atoms with E-state index in [2.05, 4.69) is 5.43 Å². The van der Waals surface area contributed by atoms with Crippen LogP contribution in [0.2, 0.25) is 0 Å². The average Bonchev–Trinajstić information content (AvgIpc) is 2.89. The lowest BCUT2D eigenvalue weighted by Gasteiger charge is -2.23. The van der Waals surface area contributed by atoms with E-state index in [1.54, 1.807) is 56.3 Å². The topological polar surface area (TPSA) is 148 Å². The molecule has 0 saturated carbocycles. The molecule has 2 atom stereocenters. The molecule has 0 fully saturated rings. The van der Waals surface area contributed by atoms with Gasteiger partial charge >= 0.3 is 17.9 Å². The van der Waals surface area contributed by atoms with Gasteiger partial charge in [0, 0.05) is 5.56 Å². The third kappa shape index (κ3) is 7.25. The number of carboxylic acid groups (broad SMARTS) is 1. The fourth-order valence-electron chi connectivity index (χ4n) is 3.26. The molecule has 0 heterocycles. The van der Waals surface area contributed by atoms with Crippen LogP contribution in [0.25, 0.3) is 0 Å². The van der Waals surface area contributed by atoms with E-state index in [9.17, 15) is 29.1 Å². The van der Waals surface area contributed by atoms with Crippen LogP contribution in [-0.2, 0) is 19.1 Å². The van der Waals surface area contributed by atoms with Crippen molar-refractivity contribution in [2.24, 2.45) is 0 Å². The minimum absolute atomic E-state index is 0.0350. The van der Waals surface area contributed by atoms with E-state index in [1.807, 2.05) is 5.43 Å². The number of nitrogens with one attached hydrogen (secondary N) is 2. The summed E-state index contributed by atoms with van der Waals surface area (Å²) >= 11 is 0. The van der Waals surface area contributed by atoms with E-state index < -0.39 is 41.9 Å². The van der Waals surface area contributed by atoms with Gasteiger partial charge in [-0.25, -0.2) is 14.4 Å². The molecule has 0 radical (unpaired) electrons. The molecule has 3 rings (SSSR count). The standard InChI is InChI=1S/C27H24N2O8/c1-16-8-6-12-19(14-16)26(34)36-21(24(31)29-28-23(30)18-10-4-3-5-11-18)22(25(32)33)37-27(35)20-13-7-9-17(2)15-20/h3-15,21-22H,1-2H3,(H,28,30)(H,29,31)(H,32,33)/t21-,22-/m1/s1. The number of aliphatic carboxylic acids is 1. The summed E-state index contributed by atoms with van der Waals surface area (Å²) in [5, 5.41) is 9.79. The largest absolute Gasteiger partial charge is 0.478 e. The van der Waals surface area contributed by atoms with Crippen molar-refractivity contribution < 1.29 is 38.6 Å². The molecule has 0 spiro atoms. The number of esters is 2. The Bertz CT molecular complexity index is 1320. The van der Waals surface area contributed by atoms with Crippen LogP contribution in [0.4, 0.5) is 0 Å². The van der Waals surface area contributed by atoms with Gasteiger partial charge in [0.2, 0.25) is 12.2 Å². The zero-order chi connectivity index (χ0) is 26.9. The molecule has 10 nitrogen and oxygen atoms in total. The first-order chi connectivity index (χ1) is 17.7. The minimum atomic E-state index is -2.23. The summed E-state index contributed by atoms with van der Waals surface area (Å²) in [4.78, 5) is 62.8. The first kappa shape index (κ1) is 26.6. The molecule has 37 heavy (non-hydrogen) atoms. The highest BCUT2D eigenvalue weighted by molar-refractivity contribution is 5.99. The third-order valence-corrected chi connectivity index (χ3v) is 5.09. The van der Waals surface area contributed by atoms with Gasteiger partial charge in [-0.15, -0.1) is 0 Å². The Morgan fingerprint density at radius 3 is 1.62 bits per heavy atom. The number of hydrazine groups is 1. The molecular formula is C27H24N2O8. The van der Waals surface area contributed by atoms with Crippen LogP contribution in [-0.4, -0.2) is 47.0 Å². The maximum absolute atomic E-state index is 13.0. The minimum Gasteiger partial charge on any atom is -0.478 e. The number of ether oxygens (including phenoxy) is 2. The Balaban J connectivity index is 1.85. The monoisotopic (exact) mass is 504 g/mol. The van der Waals surface area contributed by atoms with Gasteiger partial charge in [0.05, 0.1) is 11.1 Å². The lowest BCUT2D eigenvalue weighted by molar-refractivity contribution is -0.159. The molecule has 2 amide bonds. The summed E-state index contributed by atoms with van der Waals surface area (Å²) in [6.07, 6.45) is -4.37. The van der Waals surface area contributed by atoms with Gasteiger partial charge in [-0.3, -0.25) is 20.4 Å². The van der Waals surface area contributed by atoms with Gasteiger partial charge in [0.25, 0.3) is 11.8 Å². The molecule has 0 bridgehead atoms. The average molecular weight is 504 g/mol. The van der Waals surface area contributed by atoms with Gasteiger partial charge in [-0.05, 0) is 50.2 Å². The number of carbonyl (C=O) groups is 5. The molecule has 0 aliphatic carbocycles. The molecule has 3 N–H and O–H groups in total. The Morgan fingerprint density at radius 1 is 0.649 bits per heavy atom. The van der Waals surface area contributed by atoms with E-state index in [0.717, 1.165) is 0 Å². The highest BCUT2D eigenvalue weighted by atomic mass is 16.6. The smallest absolute Gasteiger partial charge is 0.349 e. The second-order valence-electron chi connectivity index (χ2n) is 8.04. The highest BCUT2D eigenvalue weighted by Gasteiger charge is 2.41. The molecule has 3 aromatic carbocycles. The van der Waals surface area contributed by atoms with Gasteiger partial charge in [-0.2, -0.15) is 0 Å². The van der Waals surface area contributed by atoms with Crippen molar-refractivity contribution in [2.45, 2.75) is 26.1 Å². The molecule has 0 aliphatic heterocycles. The molecule has 3 aromatic rings. The van der Waals surface area contributed by atoms with Crippen molar-refractivity contribution in [2.75, 3.05) is 0 Å². The molecule has 190 valence electrons. The number of carboxylic acids is 1. The van der Waals surface area contributed by atoms with Crippen molar-refractivity contribution >= 4 is 29.7 Å². The van der Waals surface area contributed by atoms with E-state index in [0.29, 0.717) is 11.1 Å². The highest BCUT2D eigenvalue weighted by Crippen LogP contribution is 2.15. The zero-order valence-corrected chi connectivity index (χ0v) is 20.0. The van der Waals surface area contributed by atoms with E-state index in [4.69, 9.17) is 9.47 Å².